The summed E-state index contributed by atoms with van der Waals surface area (Å²) in [4.78, 5) is 15.8. The van der Waals surface area contributed by atoms with E-state index in [1.54, 1.807) is 12.1 Å². The van der Waals surface area contributed by atoms with E-state index >= 15 is 8.78 Å². The number of ether oxygens (including phenoxy) is 3. The van der Waals surface area contributed by atoms with Gasteiger partial charge >= 0.3 is 6.09 Å². The van der Waals surface area contributed by atoms with Crippen LogP contribution in [0.4, 0.5) is 27.5 Å². The zero-order valence-corrected chi connectivity index (χ0v) is 27.7. The molecule has 1 unspecified atom stereocenters. The predicted octanol–water partition coefficient (Wildman–Crippen LogP) is 6.93. The summed E-state index contributed by atoms with van der Waals surface area (Å²) < 4.78 is 104. The number of piperidine rings is 1. The molecule has 1 saturated heterocycles. The Bertz CT molecular complexity index is 1930. The summed E-state index contributed by atoms with van der Waals surface area (Å²) in [7, 11) is -2.10. The molecule has 256 valence electrons. The van der Waals surface area contributed by atoms with Crippen molar-refractivity contribution in [2.24, 2.45) is 5.92 Å². The lowest BCUT2D eigenvalue weighted by Gasteiger charge is -2.37. The lowest BCUT2D eigenvalue weighted by atomic mass is 9.81. The van der Waals surface area contributed by atoms with Crippen molar-refractivity contribution in [2.45, 2.75) is 23.8 Å². The van der Waals surface area contributed by atoms with Crippen molar-refractivity contribution >= 4 is 44.2 Å². The van der Waals surface area contributed by atoms with Gasteiger partial charge in [0.1, 0.15) is 26.5 Å². The van der Waals surface area contributed by atoms with Gasteiger partial charge in [-0.25, -0.2) is 40.1 Å². The highest BCUT2D eigenvalue weighted by molar-refractivity contribution is 7.93. The Morgan fingerprint density at radius 2 is 1.83 bits per heavy atom. The highest BCUT2D eigenvalue weighted by atomic mass is 35.5. The second kappa shape index (κ2) is 14.5. The minimum absolute atomic E-state index is 0.0851. The molecular weight excluding hydrogens is 702 g/mol. The molecule has 3 aromatic carbocycles. The van der Waals surface area contributed by atoms with Crippen molar-refractivity contribution in [1.29, 1.82) is 0 Å². The minimum atomic E-state index is -4.90. The molecule has 5 rings (SSSR count). The maximum atomic E-state index is 16.1. The number of nitrogens with zero attached hydrogens (tertiary/aromatic N) is 3. The van der Waals surface area contributed by atoms with Crippen LogP contribution in [0.5, 0.6) is 17.2 Å². The molecule has 0 radical (unpaired) electrons. The molecular formula is C31H28ClF4N3O7S2. The molecule has 1 fully saturated rings. The summed E-state index contributed by atoms with van der Waals surface area (Å²) in [5.41, 5.74) is 0.701. The molecule has 1 aliphatic rings. The van der Waals surface area contributed by atoms with E-state index in [1.807, 2.05) is 0 Å². The van der Waals surface area contributed by atoms with Gasteiger partial charge in [0, 0.05) is 36.7 Å². The molecule has 0 bridgehead atoms. The van der Waals surface area contributed by atoms with Gasteiger partial charge in [0.15, 0.2) is 23.2 Å². The fourth-order valence-electron chi connectivity index (χ4n) is 5.46. The predicted molar refractivity (Wildman–Crippen MR) is 169 cm³/mol. The second-order valence-electron chi connectivity index (χ2n) is 10.7. The molecule has 2 heterocycles. The van der Waals surface area contributed by atoms with Crippen molar-refractivity contribution in [2.75, 3.05) is 38.2 Å². The number of aromatic nitrogens is 1. The molecule has 0 aliphatic carbocycles. The molecule has 0 spiro atoms. The van der Waals surface area contributed by atoms with E-state index in [4.69, 9.17) is 25.8 Å². The van der Waals surface area contributed by atoms with Gasteiger partial charge in [0.05, 0.1) is 33.6 Å². The van der Waals surface area contributed by atoms with E-state index in [9.17, 15) is 27.1 Å². The largest absolute Gasteiger partial charge is 0.497 e. The van der Waals surface area contributed by atoms with Crippen LogP contribution in [0, 0.1) is 29.2 Å². The zero-order chi connectivity index (χ0) is 34.7. The van der Waals surface area contributed by atoms with Crippen LogP contribution in [0.15, 0.2) is 59.6 Å². The van der Waals surface area contributed by atoms with Gasteiger partial charge < -0.3 is 24.2 Å². The lowest BCUT2D eigenvalue weighted by Crippen LogP contribution is -2.44. The average Bonchev–Trinajstić information content (AvgIpc) is 3.50. The number of hydrogen-bond acceptors (Lipinski definition) is 8. The number of carboxylic acid groups (broad SMARTS) is 1. The standard InChI is InChI=1S/C31H28ClF4N3O7S2/c1-44-21-5-3-18(25(12-21)45-2)15-39(30-37-13-28(32)47-30)48(42,43)27-11-20(33)10-26(29(27)36)46-16-19-14-38(31(40)41)8-7-22(19)17-4-6-23(34)24(35)9-17/h3-6,9-13,19,22H,7-8,14-16H2,1-2H3,(H,40,41)/t19?,22-/m1/s1. The topological polar surface area (TPSA) is 118 Å². The first-order valence-electron chi connectivity index (χ1n) is 14.2. The van der Waals surface area contributed by atoms with Crippen molar-refractivity contribution in [1.82, 2.24) is 9.88 Å². The van der Waals surface area contributed by atoms with E-state index in [0.717, 1.165) is 32.7 Å². The van der Waals surface area contributed by atoms with E-state index in [-0.39, 0.29) is 34.7 Å². The Hall–Kier alpha value is -4.28. The molecule has 2 atom stereocenters. The minimum Gasteiger partial charge on any atom is -0.497 e. The Morgan fingerprint density at radius 1 is 1.06 bits per heavy atom. The highest BCUT2D eigenvalue weighted by Crippen LogP contribution is 2.38. The van der Waals surface area contributed by atoms with Gasteiger partial charge in [-0.1, -0.05) is 29.0 Å². The molecule has 1 amide bonds. The number of sulfonamides is 1. The highest BCUT2D eigenvalue weighted by Gasteiger charge is 2.36. The van der Waals surface area contributed by atoms with E-state index < -0.39 is 75.0 Å². The van der Waals surface area contributed by atoms with Crippen molar-refractivity contribution in [3.63, 3.8) is 0 Å². The van der Waals surface area contributed by atoms with Gasteiger partial charge in [0.25, 0.3) is 10.0 Å². The summed E-state index contributed by atoms with van der Waals surface area (Å²) in [6, 6.07) is 9.09. The van der Waals surface area contributed by atoms with Gasteiger partial charge in [0.2, 0.25) is 5.13 Å². The number of carbonyl (C=O) groups is 1. The number of amides is 1. The maximum Gasteiger partial charge on any atom is 0.407 e. The van der Waals surface area contributed by atoms with Crippen LogP contribution >= 0.6 is 22.9 Å². The van der Waals surface area contributed by atoms with Crippen LogP contribution in [0.3, 0.4) is 0 Å². The molecule has 0 saturated carbocycles. The molecule has 10 nitrogen and oxygen atoms in total. The Kier molecular flexibility index (Phi) is 10.6. The fourth-order valence-corrected chi connectivity index (χ4v) is 8.06. The smallest absolute Gasteiger partial charge is 0.407 e. The summed E-state index contributed by atoms with van der Waals surface area (Å²) in [5.74, 6) is -6.07. The third-order valence-corrected chi connectivity index (χ3v) is 10.8. The van der Waals surface area contributed by atoms with Crippen molar-refractivity contribution < 1.29 is 50.1 Å². The van der Waals surface area contributed by atoms with Crippen molar-refractivity contribution in [3.8, 4) is 17.2 Å². The zero-order valence-electron chi connectivity index (χ0n) is 25.3. The lowest BCUT2D eigenvalue weighted by molar-refractivity contribution is 0.0925. The van der Waals surface area contributed by atoms with Gasteiger partial charge in [-0.15, -0.1) is 0 Å². The second-order valence-corrected chi connectivity index (χ2v) is 14.2. The summed E-state index contributed by atoms with van der Waals surface area (Å²) in [5, 5.41) is 9.42. The maximum absolute atomic E-state index is 16.1. The summed E-state index contributed by atoms with van der Waals surface area (Å²) in [6.45, 7) is -0.873. The van der Waals surface area contributed by atoms with Gasteiger partial charge in [-0.05, 0) is 48.2 Å². The number of halogens is 5. The molecule has 1 N–H and O–H groups in total. The van der Waals surface area contributed by atoms with Crippen LogP contribution in [-0.2, 0) is 16.6 Å². The van der Waals surface area contributed by atoms with Gasteiger partial charge in [-0.3, -0.25) is 0 Å². The third-order valence-electron chi connectivity index (χ3n) is 7.85. The number of likely N-dealkylation sites (tertiary alicyclic amines) is 1. The van der Waals surface area contributed by atoms with Crippen LogP contribution in [-0.4, -0.2) is 63.4 Å². The van der Waals surface area contributed by atoms with Crippen LogP contribution < -0.4 is 18.5 Å². The summed E-state index contributed by atoms with van der Waals surface area (Å²) >= 11 is 6.85. The van der Waals surface area contributed by atoms with E-state index in [1.165, 1.54) is 32.5 Å². The number of anilines is 1. The number of hydrogen-bond donors (Lipinski definition) is 1. The first-order chi connectivity index (χ1) is 22.8. The van der Waals surface area contributed by atoms with E-state index in [2.05, 4.69) is 4.98 Å². The molecule has 4 aromatic rings. The normalized spacial score (nSPS) is 16.4. The summed E-state index contributed by atoms with van der Waals surface area (Å²) in [6.07, 6.45) is 0.182. The van der Waals surface area contributed by atoms with E-state index in [0.29, 0.717) is 29.0 Å². The quantitative estimate of drug-likeness (QED) is 0.165. The first kappa shape index (κ1) is 35.0. The van der Waals surface area contributed by atoms with Gasteiger partial charge in [-0.2, -0.15) is 0 Å². The number of benzene rings is 3. The van der Waals surface area contributed by atoms with Crippen LogP contribution in [0.25, 0.3) is 0 Å². The molecule has 1 aliphatic heterocycles. The SMILES string of the molecule is COc1ccc(CN(c2ncc(Cl)s2)S(=O)(=O)c2cc(F)cc(OCC3CN(C(=O)O)CC[C@@H]3c3ccc(F)c(F)c3)c2F)c(OC)c1. The fraction of sp³-hybridized carbons (Fsp3) is 0.290. The Morgan fingerprint density at radius 3 is 2.48 bits per heavy atom. The van der Waals surface area contributed by atoms with Crippen molar-refractivity contribution in [3.05, 3.63) is 93.5 Å². The molecule has 17 heteroatoms. The Labute approximate surface area is 282 Å². The monoisotopic (exact) mass is 729 g/mol. The van der Waals surface area contributed by atoms with Crippen LogP contribution in [0.1, 0.15) is 23.5 Å². The third kappa shape index (κ3) is 7.39. The number of thiazole rings is 1. The number of rotatable bonds is 11. The number of methoxy groups -OCH3 is 2. The first-order valence-corrected chi connectivity index (χ1v) is 16.9. The molecule has 1 aromatic heterocycles. The average molecular weight is 730 g/mol. The van der Waals surface area contributed by atoms with Crippen LogP contribution in [0.2, 0.25) is 4.34 Å². The Balaban J connectivity index is 1.49. The molecule has 48 heavy (non-hydrogen) atoms.